The normalized spacial score (nSPS) is 12.1. The Balaban J connectivity index is 2.31. The molecule has 7 nitrogen and oxygen atoms in total. The van der Waals surface area contributed by atoms with E-state index < -0.39 is 6.10 Å². The molecule has 0 spiro atoms. The van der Waals surface area contributed by atoms with Gasteiger partial charge in [-0.05, 0) is 30.7 Å². The molecule has 1 rings (SSSR count). The molecule has 7 heteroatoms. The summed E-state index contributed by atoms with van der Waals surface area (Å²) in [5.41, 5.74) is 10.8. The molecule has 0 bridgehead atoms. The number of aliphatic imine (C=N–C) groups is 1. The minimum Gasteiger partial charge on any atom is -0.508 e. The number of phenols is 2. The van der Waals surface area contributed by atoms with Gasteiger partial charge in [-0.25, -0.2) is 0 Å². The van der Waals surface area contributed by atoms with Gasteiger partial charge in [-0.3, -0.25) is 4.99 Å². The van der Waals surface area contributed by atoms with Crippen LogP contribution in [0.1, 0.15) is 18.1 Å². The topological polar surface area (TPSA) is 137 Å². The summed E-state index contributed by atoms with van der Waals surface area (Å²) in [4.78, 5) is 3.83. The van der Waals surface area contributed by atoms with Gasteiger partial charge in [0.15, 0.2) is 5.96 Å². The van der Waals surface area contributed by atoms with Crippen LogP contribution in [0.5, 0.6) is 11.5 Å². The smallest absolute Gasteiger partial charge is 0.185 e. The van der Waals surface area contributed by atoms with Crippen LogP contribution in [0.2, 0.25) is 0 Å². The van der Waals surface area contributed by atoms with Gasteiger partial charge in [-0.15, -0.1) is 0 Å². The van der Waals surface area contributed by atoms with Crippen molar-refractivity contribution in [2.45, 2.75) is 12.5 Å². The van der Waals surface area contributed by atoms with Crippen molar-refractivity contribution < 1.29 is 15.3 Å². The van der Waals surface area contributed by atoms with Crippen LogP contribution in [0.15, 0.2) is 23.2 Å². The molecule has 1 aromatic carbocycles. The Bertz CT molecular complexity index is 413. The van der Waals surface area contributed by atoms with Gasteiger partial charge in [0.2, 0.25) is 0 Å². The highest BCUT2D eigenvalue weighted by molar-refractivity contribution is 5.75. The third-order valence-corrected chi connectivity index (χ3v) is 2.45. The van der Waals surface area contributed by atoms with E-state index >= 15 is 0 Å². The lowest BCUT2D eigenvalue weighted by molar-refractivity contribution is 0.174. The molecule has 0 aliphatic rings. The molecule has 1 aromatic rings. The Morgan fingerprint density at radius 1 is 1.21 bits per heavy atom. The molecule has 19 heavy (non-hydrogen) atoms. The number of hydrogen-bond acceptors (Lipinski definition) is 5. The quantitative estimate of drug-likeness (QED) is 0.221. The van der Waals surface area contributed by atoms with Gasteiger partial charge in [0.25, 0.3) is 0 Å². The SMILES string of the molecule is NC(N)=NCCCNCC(O)c1cc(O)cc(O)c1. The molecule has 106 valence electrons. The maximum Gasteiger partial charge on any atom is 0.185 e. The molecular weight excluding hydrogens is 248 g/mol. The van der Waals surface area contributed by atoms with Crippen LogP contribution in [0.25, 0.3) is 0 Å². The zero-order valence-electron chi connectivity index (χ0n) is 10.6. The van der Waals surface area contributed by atoms with Crippen LogP contribution >= 0.6 is 0 Å². The first-order chi connectivity index (χ1) is 8.99. The maximum atomic E-state index is 9.86. The first kappa shape index (κ1) is 15.1. The van der Waals surface area contributed by atoms with Crippen LogP contribution in [0, 0.1) is 0 Å². The van der Waals surface area contributed by atoms with Crippen LogP contribution in [0.3, 0.4) is 0 Å². The Morgan fingerprint density at radius 3 is 2.42 bits per heavy atom. The van der Waals surface area contributed by atoms with E-state index in [9.17, 15) is 15.3 Å². The Kier molecular flexibility index (Phi) is 5.91. The minimum absolute atomic E-state index is 0.0651. The summed E-state index contributed by atoms with van der Waals surface area (Å²) in [6.45, 7) is 1.49. The number of rotatable bonds is 7. The van der Waals surface area contributed by atoms with Crippen LogP contribution in [-0.2, 0) is 0 Å². The molecule has 0 saturated heterocycles. The monoisotopic (exact) mass is 268 g/mol. The summed E-state index contributed by atoms with van der Waals surface area (Å²) in [7, 11) is 0. The molecule has 0 aromatic heterocycles. The number of hydrogen-bond donors (Lipinski definition) is 6. The van der Waals surface area contributed by atoms with E-state index in [2.05, 4.69) is 10.3 Å². The molecule has 0 fully saturated rings. The third kappa shape index (κ3) is 5.94. The Labute approximate surface area is 111 Å². The number of aliphatic hydroxyl groups excluding tert-OH is 1. The zero-order chi connectivity index (χ0) is 14.3. The fourth-order valence-electron chi connectivity index (χ4n) is 1.58. The van der Waals surface area contributed by atoms with Crippen LogP contribution < -0.4 is 16.8 Å². The summed E-state index contributed by atoms with van der Waals surface area (Å²) in [6.07, 6.45) is -0.0586. The van der Waals surface area contributed by atoms with Crippen molar-refractivity contribution >= 4 is 5.96 Å². The van der Waals surface area contributed by atoms with Gasteiger partial charge >= 0.3 is 0 Å². The second-order valence-electron chi connectivity index (χ2n) is 4.16. The van der Waals surface area contributed by atoms with E-state index in [4.69, 9.17) is 11.5 Å². The lowest BCUT2D eigenvalue weighted by Crippen LogP contribution is -2.25. The molecule has 0 aliphatic heterocycles. The highest BCUT2D eigenvalue weighted by atomic mass is 16.3. The number of guanidine groups is 1. The number of nitrogens with two attached hydrogens (primary N) is 2. The zero-order valence-corrected chi connectivity index (χ0v) is 10.6. The second kappa shape index (κ2) is 7.45. The standard InChI is InChI=1S/C12H20N4O3/c13-12(14)16-3-1-2-15-7-11(19)8-4-9(17)6-10(18)5-8/h4-6,11,15,17-19H,1-3,7H2,(H4,13,14,16). The largest absolute Gasteiger partial charge is 0.508 e. The van der Waals surface area contributed by atoms with Gasteiger partial charge in [-0.2, -0.15) is 0 Å². The van der Waals surface area contributed by atoms with Crippen molar-refractivity contribution in [1.82, 2.24) is 5.32 Å². The summed E-state index contributed by atoms with van der Waals surface area (Å²) in [5, 5.41) is 31.5. The summed E-state index contributed by atoms with van der Waals surface area (Å²) in [5.74, 6) is -0.0983. The van der Waals surface area contributed by atoms with Crippen LogP contribution in [-0.4, -0.2) is 40.9 Å². The molecule has 0 amide bonds. The highest BCUT2D eigenvalue weighted by Crippen LogP contribution is 2.24. The molecule has 8 N–H and O–H groups in total. The Morgan fingerprint density at radius 2 is 1.84 bits per heavy atom. The third-order valence-electron chi connectivity index (χ3n) is 2.45. The van der Waals surface area contributed by atoms with E-state index in [1.165, 1.54) is 18.2 Å². The molecule has 0 radical (unpaired) electrons. The Hall–Kier alpha value is -1.99. The van der Waals surface area contributed by atoms with Crippen molar-refractivity contribution in [3.05, 3.63) is 23.8 Å². The van der Waals surface area contributed by atoms with Gasteiger partial charge in [0, 0.05) is 19.2 Å². The fraction of sp³-hybridized carbons (Fsp3) is 0.417. The van der Waals surface area contributed by atoms with Gasteiger partial charge in [0.1, 0.15) is 11.5 Å². The van der Waals surface area contributed by atoms with E-state index in [1.807, 2.05) is 0 Å². The molecule has 1 atom stereocenters. The van der Waals surface area contributed by atoms with Crippen molar-refractivity contribution in [3.63, 3.8) is 0 Å². The summed E-state index contributed by atoms with van der Waals surface area (Å²) in [6, 6.07) is 4.02. The number of aromatic hydroxyl groups is 2. The number of nitrogens with zero attached hydrogens (tertiary/aromatic N) is 1. The predicted molar refractivity (Wildman–Crippen MR) is 72.9 cm³/mol. The van der Waals surface area contributed by atoms with Gasteiger partial charge in [0.05, 0.1) is 6.10 Å². The lowest BCUT2D eigenvalue weighted by atomic mass is 10.1. The van der Waals surface area contributed by atoms with Crippen molar-refractivity contribution in [2.75, 3.05) is 19.6 Å². The van der Waals surface area contributed by atoms with Gasteiger partial charge < -0.3 is 32.1 Å². The first-order valence-corrected chi connectivity index (χ1v) is 5.96. The van der Waals surface area contributed by atoms with Gasteiger partial charge in [-0.1, -0.05) is 0 Å². The molecule has 0 aliphatic carbocycles. The summed E-state index contributed by atoms with van der Waals surface area (Å²) >= 11 is 0. The van der Waals surface area contributed by atoms with Crippen molar-refractivity contribution in [3.8, 4) is 11.5 Å². The number of phenolic OH excluding ortho intramolecular Hbond substituents is 2. The van der Waals surface area contributed by atoms with Crippen LogP contribution in [0.4, 0.5) is 0 Å². The highest BCUT2D eigenvalue weighted by Gasteiger charge is 2.09. The molecule has 0 heterocycles. The average molecular weight is 268 g/mol. The first-order valence-electron chi connectivity index (χ1n) is 5.96. The van der Waals surface area contributed by atoms with E-state index in [0.29, 0.717) is 25.2 Å². The predicted octanol–water partition coefficient (Wildman–Crippen LogP) is -0.616. The maximum absolute atomic E-state index is 9.86. The summed E-state index contributed by atoms with van der Waals surface area (Å²) < 4.78 is 0. The number of aliphatic hydroxyl groups is 1. The second-order valence-corrected chi connectivity index (χ2v) is 4.16. The van der Waals surface area contributed by atoms with E-state index in [0.717, 1.165) is 6.42 Å². The molecule has 0 saturated carbocycles. The minimum atomic E-state index is -0.805. The molecule has 1 unspecified atom stereocenters. The number of nitrogens with one attached hydrogen (secondary N) is 1. The average Bonchev–Trinajstić information content (AvgIpc) is 2.31. The van der Waals surface area contributed by atoms with Crippen molar-refractivity contribution in [2.24, 2.45) is 16.5 Å². The molecular formula is C12H20N4O3. The number of benzene rings is 1. The van der Waals surface area contributed by atoms with E-state index in [-0.39, 0.29) is 17.5 Å². The van der Waals surface area contributed by atoms with Crippen molar-refractivity contribution in [1.29, 1.82) is 0 Å². The lowest BCUT2D eigenvalue weighted by Gasteiger charge is -2.12. The van der Waals surface area contributed by atoms with E-state index in [1.54, 1.807) is 0 Å². The fourth-order valence-corrected chi connectivity index (χ4v) is 1.58.